The highest BCUT2D eigenvalue weighted by molar-refractivity contribution is 5.92. The monoisotopic (exact) mass is 594 g/mol. The van der Waals surface area contributed by atoms with Gasteiger partial charge in [-0.2, -0.15) is 0 Å². The first-order chi connectivity index (χ1) is 21.1. The van der Waals surface area contributed by atoms with E-state index >= 15 is 0 Å². The van der Waals surface area contributed by atoms with E-state index in [1.165, 1.54) is 0 Å². The van der Waals surface area contributed by atoms with Crippen LogP contribution in [0.2, 0.25) is 0 Å². The van der Waals surface area contributed by atoms with Crippen molar-refractivity contribution in [1.29, 1.82) is 0 Å². The number of hydrogen-bond acceptors (Lipinski definition) is 8. The number of fused-ring (bicyclic) bond motifs is 2. The number of rotatable bonds is 10. The van der Waals surface area contributed by atoms with Crippen molar-refractivity contribution in [2.75, 3.05) is 58.5 Å². The van der Waals surface area contributed by atoms with Crippen LogP contribution in [-0.4, -0.2) is 74.4 Å². The summed E-state index contributed by atoms with van der Waals surface area (Å²) in [5.74, 6) is 3.70. The summed E-state index contributed by atoms with van der Waals surface area (Å²) in [4.78, 5) is 26.3. The first-order valence-corrected chi connectivity index (χ1v) is 14.3. The Morgan fingerprint density at radius 1 is 0.795 bits per heavy atom. The molecule has 1 fully saturated rings. The Bertz CT molecular complexity index is 1710. The molecule has 0 saturated carbocycles. The first kappa shape index (κ1) is 30.6. The summed E-state index contributed by atoms with van der Waals surface area (Å²) in [5, 5.41) is 3.07. The minimum absolute atomic E-state index is 0. The normalized spacial score (nSPS) is 13.0. The fourth-order valence-corrected chi connectivity index (χ4v) is 5.35. The average molecular weight is 595 g/mol. The number of nitrogens with zero attached hydrogens (tertiary/aromatic N) is 4. The summed E-state index contributed by atoms with van der Waals surface area (Å²) >= 11 is 0. The van der Waals surface area contributed by atoms with E-state index < -0.39 is 0 Å². The predicted octanol–water partition coefficient (Wildman–Crippen LogP) is 6.14. The van der Waals surface area contributed by atoms with Crippen molar-refractivity contribution in [2.24, 2.45) is 0 Å². The number of benzene rings is 4. The summed E-state index contributed by atoms with van der Waals surface area (Å²) in [7, 11) is 3.25. The van der Waals surface area contributed by atoms with Gasteiger partial charge in [-0.05, 0) is 35.2 Å². The smallest absolute Gasteiger partial charge is 0.227 e. The third-order valence-electron chi connectivity index (χ3n) is 7.63. The highest BCUT2D eigenvalue weighted by Gasteiger charge is 2.24. The van der Waals surface area contributed by atoms with Crippen molar-refractivity contribution in [1.82, 2.24) is 14.9 Å². The van der Waals surface area contributed by atoms with Gasteiger partial charge < -0.3 is 28.7 Å². The second-order valence-corrected chi connectivity index (χ2v) is 10.3. The molecule has 0 radical (unpaired) electrons. The van der Waals surface area contributed by atoms with Crippen LogP contribution in [0.25, 0.3) is 21.7 Å². The number of anilines is 1. The predicted molar refractivity (Wildman–Crippen MR) is 173 cm³/mol. The van der Waals surface area contributed by atoms with Gasteiger partial charge in [-0.1, -0.05) is 56.0 Å². The van der Waals surface area contributed by atoms with E-state index in [-0.39, 0.29) is 13.3 Å². The molecule has 6 rings (SSSR count). The lowest BCUT2D eigenvalue weighted by Gasteiger charge is -2.36. The maximum Gasteiger partial charge on any atom is 0.227 e. The summed E-state index contributed by atoms with van der Waals surface area (Å²) in [6.07, 6.45) is 1.91. The van der Waals surface area contributed by atoms with E-state index in [4.69, 9.17) is 18.9 Å². The summed E-state index contributed by atoms with van der Waals surface area (Å²) in [5.41, 5.74) is 1.72. The van der Waals surface area contributed by atoms with Crippen LogP contribution in [0.1, 0.15) is 13.0 Å². The summed E-state index contributed by atoms with van der Waals surface area (Å²) in [6, 6.07) is 25.7. The van der Waals surface area contributed by atoms with Gasteiger partial charge in [0, 0.05) is 50.1 Å². The van der Waals surface area contributed by atoms with Crippen LogP contribution in [0.5, 0.6) is 23.0 Å². The molecule has 228 valence electrons. The fourth-order valence-electron chi connectivity index (χ4n) is 5.35. The van der Waals surface area contributed by atoms with Crippen molar-refractivity contribution in [3.63, 3.8) is 0 Å². The molecule has 0 bridgehead atoms. The number of carbonyl (C=O) groups excluding carboxylic acids is 1. The number of hydrogen-bond donors (Lipinski definition) is 0. The van der Waals surface area contributed by atoms with Crippen LogP contribution in [0.3, 0.4) is 0 Å². The molecular weight excluding hydrogens is 556 g/mol. The van der Waals surface area contributed by atoms with Crippen LogP contribution in [-0.2, 0) is 16.0 Å². The fraction of sp³-hybridized carbons (Fsp3) is 0.286. The standard InChI is InChI=1S/C34H34N4O5.CH4/c1-40-18-19-42-32-22-29-28(21-31(32)41-2)34(36-23-35-29)38-16-14-37(15-17-38)33(39)20-24-10-12-26(13-11-24)43-30-9-5-7-25-6-3-4-8-27(25)30;/h3-13,21-23H,14-20H2,1-2H3;1H4. The molecule has 2 heterocycles. The van der Waals surface area contributed by atoms with Crippen LogP contribution in [0.15, 0.2) is 85.2 Å². The van der Waals surface area contributed by atoms with Gasteiger partial charge in [0.25, 0.3) is 0 Å². The number of aromatic nitrogens is 2. The number of piperazine rings is 1. The number of carbonyl (C=O) groups is 1. The SMILES string of the molecule is C.COCCOc1cc2ncnc(N3CCN(C(=O)Cc4ccc(Oc5cccc6ccccc56)cc4)CC3)c2cc1OC. The largest absolute Gasteiger partial charge is 0.493 e. The van der Waals surface area contributed by atoms with E-state index in [1.54, 1.807) is 20.5 Å². The molecule has 1 aliphatic heterocycles. The maximum absolute atomic E-state index is 13.2. The number of methoxy groups -OCH3 is 2. The van der Waals surface area contributed by atoms with Gasteiger partial charge >= 0.3 is 0 Å². The van der Waals surface area contributed by atoms with E-state index in [1.807, 2.05) is 65.6 Å². The zero-order chi connectivity index (χ0) is 29.6. The van der Waals surface area contributed by atoms with Crippen molar-refractivity contribution in [3.05, 3.63) is 90.8 Å². The van der Waals surface area contributed by atoms with E-state index in [2.05, 4.69) is 33.1 Å². The molecule has 0 spiro atoms. The highest BCUT2D eigenvalue weighted by atomic mass is 16.5. The van der Waals surface area contributed by atoms with Crippen molar-refractivity contribution < 1.29 is 23.7 Å². The van der Waals surface area contributed by atoms with Crippen LogP contribution in [0.4, 0.5) is 5.82 Å². The lowest BCUT2D eigenvalue weighted by atomic mass is 10.1. The summed E-state index contributed by atoms with van der Waals surface area (Å²) in [6.45, 7) is 3.46. The van der Waals surface area contributed by atoms with Crippen LogP contribution < -0.4 is 19.1 Å². The van der Waals surface area contributed by atoms with E-state index in [0.29, 0.717) is 57.3 Å². The van der Waals surface area contributed by atoms with Crippen molar-refractivity contribution in [3.8, 4) is 23.0 Å². The van der Waals surface area contributed by atoms with Gasteiger partial charge in [0.05, 0.1) is 25.7 Å². The molecule has 9 nitrogen and oxygen atoms in total. The topological polar surface area (TPSA) is 86.3 Å². The summed E-state index contributed by atoms with van der Waals surface area (Å²) < 4.78 is 22.7. The third-order valence-corrected chi connectivity index (χ3v) is 7.63. The zero-order valence-electron chi connectivity index (χ0n) is 24.4. The molecule has 9 heteroatoms. The number of ether oxygens (including phenoxy) is 4. The molecule has 4 aromatic carbocycles. The van der Waals surface area contributed by atoms with Gasteiger partial charge in [0.15, 0.2) is 11.5 Å². The molecule has 0 aliphatic carbocycles. The Morgan fingerprint density at radius 3 is 2.34 bits per heavy atom. The lowest BCUT2D eigenvalue weighted by molar-refractivity contribution is -0.130. The lowest BCUT2D eigenvalue weighted by Crippen LogP contribution is -2.49. The Balaban J connectivity index is 0.00000384. The third kappa shape index (κ3) is 6.68. The second-order valence-electron chi connectivity index (χ2n) is 10.3. The molecule has 0 unspecified atom stereocenters. The average Bonchev–Trinajstić information content (AvgIpc) is 3.05. The van der Waals surface area contributed by atoms with Gasteiger partial charge in [-0.3, -0.25) is 4.79 Å². The molecule has 1 aromatic heterocycles. The highest BCUT2D eigenvalue weighted by Crippen LogP contribution is 2.35. The maximum atomic E-state index is 13.2. The minimum Gasteiger partial charge on any atom is -0.493 e. The molecule has 0 N–H and O–H groups in total. The molecular formula is C35H38N4O5. The van der Waals surface area contributed by atoms with Gasteiger partial charge in [0.1, 0.15) is 30.3 Å². The molecule has 1 saturated heterocycles. The molecule has 1 aliphatic rings. The number of amides is 1. The molecule has 5 aromatic rings. The Hall–Kier alpha value is -4.89. The Labute approximate surface area is 257 Å². The van der Waals surface area contributed by atoms with Gasteiger partial charge in [0.2, 0.25) is 5.91 Å². The van der Waals surface area contributed by atoms with Crippen LogP contribution in [0, 0.1) is 0 Å². The second kappa shape index (κ2) is 14.1. The van der Waals surface area contributed by atoms with E-state index in [9.17, 15) is 4.79 Å². The molecule has 0 atom stereocenters. The molecule has 44 heavy (non-hydrogen) atoms. The van der Waals surface area contributed by atoms with Gasteiger partial charge in [-0.25, -0.2) is 9.97 Å². The first-order valence-electron chi connectivity index (χ1n) is 14.3. The van der Waals surface area contributed by atoms with Crippen molar-refractivity contribution >= 4 is 33.4 Å². The van der Waals surface area contributed by atoms with E-state index in [0.717, 1.165) is 44.6 Å². The molecule has 1 amide bonds. The zero-order valence-corrected chi connectivity index (χ0v) is 24.4. The quantitative estimate of drug-likeness (QED) is 0.178. The Morgan fingerprint density at radius 2 is 1.57 bits per heavy atom. The minimum atomic E-state index is 0. The van der Waals surface area contributed by atoms with Crippen molar-refractivity contribution in [2.45, 2.75) is 13.8 Å². The Kier molecular flexibility index (Phi) is 9.76. The van der Waals surface area contributed by atoms with Gasteiger partial charge in [-0.15, -0.1) is 0 Å². The van der Waals surface area contributed by atoms with Crippen LogP contribution >= 0.6 is 0 Å².